The van der Waals surface area contributed by atoms with Crippen molar-refractivity contribution in [2.75, 3.05) is 18.1 Å². The minimum atomic E-state index is -6.09. The van der Waals surface area contributed by atoms with E-state index in [4.69, 9.17) is 10.5 Å². The molecule has 2 N–H and O–H groups in total. The van der Waals surface area contributed by atoms with Crippen LogP contribution in [-0.2, 0) is 31.6 Å². The van der Waals surface area contributed by atoms with E-state index in [0.29, 0.717) is 0 Å². The minimum absolute atomic E-state index is 0. The summed E-state index contributed by atoms with van der Waals surface area (Å²) in [4.78, 5) is 57.8. The molecule has 1 aromatic rings. The Bertz CT molecular complexity index is 955. The largest absolute Gasteiger partial charge is 1.00 e. The van der Waals surface area contributed by atoms with E-state index in [0.717, 1.165) is 22.5 Å². The Morgan fingerprint density at radius 3 is 2.25 bits per heavy atom. The van der Waals surface area contributed by atoms with Gasteiger partial charge in [0.05, 0.1) is 20.6 Å². The molecule has 0 spiro atoms. The van der Waals surface area contributed by atoms with Gasteiger partial charge in [0.25, 0.3) is 15.6 Å². The number of halogens is 1. The summed E-state index contributed by atoms with van der Waals surface area (Å²) in [5.41, 5.74) is 3.12. The van der Waals surface area contributed by atoms with E-state index in [1.54, 1.807) is 0 Å². The van der Waals surface area contributed by atoms with Crippen molar-refractivity contribution < 1.29 is 174 Å². The molecule has 32 heavy (non-hydrogen) atoms. The van der Waals surface area contributed by atoms with Gasteiger partial charge in [-0.3, -0.25) is 18.0 Å². The molecule has 1 aliphatic heterocycles. The zero-order chi connectivity index (χ0) is 21.3. The molecule has 0 aliphatic carbocycles. The third kappa shape index (κ3) is 13.8. The summed E-state index contributed by atoms with van der Waals surface area (Å²) in [5, 5.41) is 0. The molecular formula is C8H9FN3Na4O12P3S. The first kappa shape index (κ1) is 39.8. The van der Waals surface area contributed by atoms with Gasteiger partial charge in [0.15, 0.2) is 11.6 Å². The molecule has 0 bridgehead atoms. The van der Waals surface area contributed by atoms with Gasteiger partial charge in [-0.1, -0.05) is 0 Å². The zero-order valence-corrected chi connectivity index (χ0v) is 28.6. The first-order valence-electron chi connectivity index (χ1n) is 6.70. The van der Waals surface area contributed by atoms with E-state index >= 15 is 0 Å². The maximum Gasteiger partial charge on any atom is 1.00 e. The number of aromatic nitrogens is 2. The van der Waals surface area contributed by atoms with Crippen LogP contribution in [0.2, 0.25) is 0 Å². The number of nitrogen functional groups attached to an aromatic ring is 1. The van der Waals surface area contributed by atoms with Crippen molar-refractivity contribution in [3.05, 3.63) is 22.5 Å². The molecule has 2 rings (SSSR count). The number of hydrogen-bond acceptors (Lipinski definition) is 15. The smallest absolute Gasteiger partial charge is 0.790 e. The predicted molar refractivity (Wildman–Crippen MR) is 80.2 cm³/mol. The molecule has 0 saturated carbocycles. The van der Waals surface area contributed by atoms with Crippen LogP contribution in [0.1, 0.15) is 6.23 Å². The summed E-state index contributed by atoms with van der Waals surface area (Å²) in [7, 11) is -17.8. The van der Waals surface area contributed by atoms with Crippen LogP contribution in [0.5, 0.6) is 0 Å². The summed E-state index contributed by atoms with van der Waals surface area (Å²) < 4.78 is 62.7. The number of ether oxygens (including phenoxy) is 1. The molecule has 4 unspecified atom stereocenters. The van der Waals surface area contributed by atoms with Crippen LogP contribution in [0, 0.1) is 5.82 Å². The standard InChI is InChI=1S/C8H13FN3O12P3S.4Na/c9-4-1-12(8(13)11-7(4)10)5-3-28-6(22-5)2-21-26(17,18)24-27(19,20)23-25(14,15)16;;;;/h1,5-6H,2-3H2,(H,17,18)(H,19,20)(H2,10,11,13)(H2,14,15,16);;;;/q;4*+1/p-4. The fraction of sp³-hybridized carbons (Fsp3) is 0.500. The van der Waals surface area contributed by atoms with Crippen LogP contribution in [-0.4, -0.2) is 27.3 Å². The van der Waals surface area contributed by atoms with E-state index in [9.17, 15) is 42.5 Å². The summed E-state index contributed by atoms with van der Waals surface area (Å²) in [6.45, 7) is -0.839. The summed E-state index contributed by atoms with van der Waals surface area (Å²) in [5.74, 6) is -1.59. The normalized spacial score (nSPS) is 21.5. The first-order valence-corrected chi connectivity index (χ1v) is 12.1. The monoisotopic (exact) mass is 575 g/mol. The molecule has 0 radical (unpaired) electrons. The second kappa shape index (κ2) is 16.3. The van der Waals surface area contributed by atoms with E-state index in [1.165, 1.54) is 0 Å². The van der Waals surface area contributed by atoms with E-state index in [-0.39, 0.29) is 124 Å². The molecule has 15 nitrogen and oxygen atoms in total. The SMILES string of the molecule is Nc1nc(=O)n(C2CSC(COP(=O)([O-])OP(=O)([O-])OP(=O)([O-])[O-])O2)cc1F.[Na+].[Na+].[Na+].[Na+]. The van der Waals surface area contributed by atoms with Gasteiger partial charge in [0, 0.05) is 5.75 Å². The molecular weight excluding hydrogens is 566 g/mol. The van der Waals surface area contributed by atoms with Gasteiger partial charge in [-0.15, -0.1) is 11.8 Å². The number of phosphoric ester groups is 1. The van der Waals surface area contributed by atoms with Gasteiger partial charge in [-0.05, 0) is 0 Å². The van der Waals surface area contributed by atoms with Crippen molar-refractivity contribution in [2.45, 2.75) is 11.7 Å². The Labute approximate surface area is 272 Å². The van der Waals surface area contributed by atoms with Gasteiger partial charge in [0.2, 0.25) is 0 Å². The number of anilines is 1. The third-order valence-corrected chi connectivity index (χ3v) is 7.51. The molecule has 2 heterocycles. The fourth-order valence-corrected chi connectivity index (χ4v) is 5.72. The van der Waals surface area contributed by atoms with Gasteiger partial charge in [-0.25, -0.2) is 13.5 Å². The second-order valence-corrected chi connectivity index (χ2v) is 10.3. The topological polar surface area (TPSA) is 241 Å². The quantitative estimate of drug-likeness (QED) is 0.224. The molecule has 1 fully saturated rings. The van der Waals surface area contributed by atoms with Gasteiger partial charge in [-0.2, -0.15) is 4.98 Å². The van der Waals surface area contributed by atoms with Crippen LogP contribution in [0.4, 0.5) is 10.2 Å². The number of phosphoric acid groups is 3. The summed E-state index contributed by atoms with van der Waals surface area (Å²) in [6.07, 6.45) is -0.336. The van der Waals surface area contributed by atoms with E-state index in [2.05, 4.69) is 18.1 Å². The van der Waals surface area contributed by atoms with Crippen LogP contribution in [0.3, 0.4) is 0 Å². The number of nitrogens with two attached hydrogens (primary N) is 1. The molecule has 0 amide bonds. The van der Waals surface area contributed by atoms with Crippen molar-refractivity contribution in [2.24, 2.45) is 0 Å². The molecule has 1 aromatic heterocycles. The maximum absolute atomic E-state index is 13.4. The third-order valence-electron chi connectivity index (χ3n) is 2.75. The van der Waals surface area contributed by atoms with Gasteiger partial charge < -0.3 is 39.1 Å². The average Bonchev–Trinajstić information content (AvgIpc) is 2.94. The molecule has 4 atom stereocenters. The van der Waals surface area contributed by atoms with Gasteiger partial charge in [0.1, 0.15) is 11.7 Å². The zero-order valence-electron chi connectivity index (χ0n) is 17.1. The Morgan fingerprint density at radius 1 is 1.16 bits per heavy atom. The van der Waals surface area contributed by atoms with Crippen LogP contribution in [0.25, 0.3) is 0 Å². The maximum atomic E-state index is 13.4. The second-order valence-electron chi connectivity index (χ2n) is 4.82. The van der Waals surface area contributed by atoms with E-state index < -0.39 is 59.1 Å². The van der Waals surface area contributed by atoms with Crippen molar-refractivity contribution in [1.29, 1.82) is 0 Å². The molecule has 24 heteroatoms. The number of hydrogen-bond donors (Lipinski definition) is 1. The van der Waals surface area contributed by atoms with Crippen molar-refractivity contribution in [3.8, 4) is 0 Å². The van der Waals surface area contributed by atoms with E-state index in [1.807, 2.05) is 0 Å². The van der Waals surface area contributed by atoms with Crippen molar-refractivity contribution in [1.82, 2.24) is 9.55 Å². The Morgan fingerprint density at radius 2 is 1.72 bits per heavy atom. The summed E-state index contributed by atoms with van der Waals surface area (Å²) in [6, 6.07) is 0. The van der Waals surface area contributed by atoms with Crippen LogP contribution in [0.15, 0.2) is 11.0 Å². The Hall–Kier alpha value is 3.33. The predicted octanol–water partition coefficient (Wildman–Crippen LogP) is -14.6. The van der Waals surface area contributed by atoms with Crippen LogP contribution < -0.4 is 149 Å². The fourth-order valence-electron chi connectivity index (χ4n) is 1.78. The first-order chi connectivity index (χ1) is 12.7. The van der Waals surface area contributed by atoms with Gasteiger partial charge >= 0.3 is 124 Å². The number of rotatable bonds is 8. The molecule has 0 aromatic carbocycles. The summed E-state index contributed by atoms with van der Waals surface area (Å²) >= 11 is 0.906. The Balaban J connectivity index is -0.00000210. The molecule has 1 saturated heterocycles. The minimum Gasteiger partial charge on any atom is -0.790 e. The van der Waals surface area contributed by atoms with Crippen molar-refractivity contribution in [3.63, 3.8) is 0 Å². The van der Waals surface area contributed by atoms with Crippen LogP contribution >= 0.6 is 35.2 Å². The molecule has 1 aliphatic rings. The average molecular weight is 575 g/mol. The number of nitrogens with zero attached hydrogens (tertiary/aromatic N) is 2. The van der Waals surface area contributed by atoms with Crippen molar-refractivity contribution >= 4 is 41.0 Å². The Kier molecular flexibility index (Phi) is 20.3. The number of thioether (sulfide) groups is 1. The molecule has 160 valence electrons.